The van der Waals surface area contributed by atoms with E-state index < -0.39 is 35.0 Å². The Balaban J connectivity index is 1.84. The molecule has 0 radical (unpaired) electrons. The molecule has 1 atom stereocenters. The van der Waals surface area contributed by atoms with E-state index >= 15 is 0 Å². The maximum Gasteiger partial charge on any atom is 0.255 e. The zero-order valence-corrected chi connectivity index (χ0v) is 14.9. The van der Waals surface area contributed by atoms with E-state index in [1.807, 2.05) is 24.3 Å². The Bertz CT molecular complexity index is 899. The number of nitrogens with zero attached hydrogens (tertiary/aromatic N) is 1. The smallest absolute Gasteiger partial charge is 0.255 e. The summed E-state index contributed by atoms with van der Waals surface area (Å²) in [5.74, 6) is -6.26. The molecule has 0 saturated carbocycles. The van der Waals surface area contributed by atoms with E-state index in [0.717, 1.165) is 17.3 Å². The molecule has 27 heavy (non-hydrogen) atoms. The minimum absolute atomic E-state index is 0.289. The van der Waals surface area contributed by atoms with E-state index in [1.54, 1.807) is 18.7 Å². The lowest BCUT2D eigenvalue weighted by Gasteiger charge is -2.27. The Kier molecular flexibility index (Phi) is 5.21. The number of amides is 2. The normalized spacial score (nSPS) is 14.2. The second-order valence-corrected chi connectivity index (χ2v) is 6.79. The molecule has 1 heterocycles. The Hall–Kier alpha value is -2.83. The number of hydrogen-bond acceptors (Lipinski definition) is 2. The summed E-state index contributed by atoms with van der Waals surface area (Å²) in [6.07, 6.45) is 0.707. The highest BCUT2D eigenvalue weighted by molar-refractivity contribution is 6.03. The summed E-state index contributed by atoms with van der Waals surface area (Å²) in [6, 6.07) is 8.07. The van der Waals surface area contributed by atoms with Crippen molar-refractivity contribution >= 4 is 17.5 Å². The summed E-state index contributed by atoms with van der Waals surface area (Å²) in [4.78, 5) is 27.0. The number of para-hydroxylation sites is 1. The van der Waals surface area contributed by atoms with Gasteiger partial charge >= 0.3 is 0 Å². The quantitative estimate of drug-likeness (QED) is 0.831. The lowest BCUT2D eigenvalue weighted by Crippen LogP contribution is -2.51. The molecule has 4 nitrogen and oxygen atoms in total. The average molecular weight is 376 g/mol. The Morgan fingerprint density at radius 1 is 1.04 bits per heavy atom. The van der Waals surface area contributed by atoms with Crippen LogP contribution in [-0.4, -0.2) is 24.4 Å². The molecule has 2 amide bonds. The second-order valence-electron chi connectivity index (χ2n) is 6.79. The maximum atomic E-state index is 13.9. The fourth-order valence-electron chi connectivity index (χ4n) is 3.17. The molecule has 3 rings (SSSR count). The molecule has 142 valence electrons. The highest BCUT2D eigenvalue weighted by Gasteiger charge is 2.33. The monoisotopic (exact) mass is 376 g/mol. The first-order valence-corrected chi connectivity index (χ1v) is 8.65. The molecule has 0 unspecified atom stereocenters. The fourth-order valence-corrected chi connectivity index (χ4v) is 3.17. The van der Waals surface area contributed by atoms with Gasteiger partial charge in [0.05, 0.1) is 5.56 Å². The van der Waals surface area contributed by atoms with Gasteiger partial charge in [0.2, 0.25) is 5.91 Å². The van der Waals surface area contributed by atoms with Gasteiger partial charge in [0.1, 0.15) is 6.04 Å². The zero-order valence-electron chi connectivity index (χ0n) is 14.9. The molecular weight excluding hydrogens is 357 g/mol. The van der Waals surface area contributed by atoms with Gasteiger partial charge in [0, 0.05) is 12.2 Å². The van der Waals surface area contributed by atoms with Gasteiger partial charge in [-0.2, -0.15) is 0 Å². The Morgan fingerprint density at radius 2 is 1.74 bits per heavy atom. The Morgan fingerprint density at radius 3 is 2.44 bits per heavy atom. The van der Waals surface area contributed by atoms with E-state index in [4.69, 9.17) is 0 Å². The summed E-state index contributed by atoms with van der Waals surface area (Å²) < 4.78 is 40.4. The van der Waals surface area contributed by atoms with E-state index in [9.17, 15) is 22.8 Å². The number of nitrogens with one attached hydrogen (secondary N) is 1. The average Bonchev–Trinajstić information content (AvgIpc) is 3.07. The van der Waals surface area contributed by atoms with Crippen molar-refractivity contribution in [1.29, 1.82) is 0 Å². The van der Waals surface area contributed by atoms with Crippen molar-refractivity contribution in [3.8, 4) is 0 Å². The van der Waals surface area contributed by atoms with Crippen LogP contribution in [0.3, 0.4) is 0 Å². The molecule has 0 bridgehead atoms. The molecule has 1 aliphatic heterocycles. The molecule has 0 spiro atoms. The van der Waals surface area contributed by atoms with Gasteiger partial charge in [-0.15, -0.1) is 0 Å². The van der Waals surface area contributed by atoms with Crippen molar-refractivity contribution in [3.05, 3.63) is 65.0 Å². The van der Waals surface area contributed by atoms with Crippen LogP contribution in [-0.2, 0) is 11.2 Å². The van der Waals surface area contributed by atoms with Crippen molar-refractivity contribution in [1.82, 2.24) is 5.32 Å². The number of fused-ring (bicyclic) bond motifs is 1. The van der Waals surface area contributed by atoms with E-state index in [0.29, 0.717) is 19.0 Å². The number of anilines is 1. The third-order valence-electron chi connectivity index (χ3n) is 4.65. The standard InChI is InChI=1S/C20H19F3N2O2/c1-11(2)18(20(27)25-10-9-12-5-3-4-6-15(12)25)24-19(26)13-7-8-14(21)17(23)16(13)22/h3-8,11,18H,9-10H2,1-2H3,(H,24,26)/t18-/m1/s1. The molecular formula is C20H19F3N2O2. The summed E-state index contributed by atoms with van der Waals surface area (Å²) in [7, 11) is 0. The van der Waals surface area contributed by atoms with E-state index in [-0.39, 0.29) is 11.8 Å². The number of carbonyl (C=O) groups is 2. The number of carbonyl (C=O) groups excluding carboxylic acids is 2. The summed E-state index contributed by atoms with van der Waals surface area (Å²) in [5.41, 5.74) is 1.17. The first-order valence-electron chi connectivity index (χ1n) is 8.65. The third kappa shape index (κ3) is 3.54. The Labute approximate surface area is 155 Å². The van der Waals surface area contributed by atoms with Crippen molar-refractivity contribution in [2.75, 3.05) is 11.4 Å². The van der Waals surface area contributed by atoms with Gasteiger partial charge in [-0.25, -0.2) is 13.2 Å². The van der Waals surface area contributed by atoms with Crippen LogP contribution in [0.4, 0.5) is 18.9 Å². The van der Waals surface area contributed by atoms with Gasteiger partial charge in [0.15, 0.2) is 17.5 Å². The largest absolute Gasteiger partial charge is 0.340 e. The molecule has 0 saturated heterocycles. The van der Waals surface area contributed by atoms with E-state index in [1.165, 1.54) is 0 Å². The summed E-state index contributed by atoms with van der Waals surface area (Å²) in [5, 5.41) is 2.47. The predicted octanol–water partition coefficient (Wildman–Crippen LogP) is 3.45. The van der Waals surface area contributed by atoms with Gasteiger partial charge < -0.3 is 10.2 Å². The van der Waals surface area contributed by atoms with Crippen LogP contribution in [0.5, 0.6) is 0 Å². The van der Waals surface area contributed by atoms with Crippen LogP contribution in [0.25, 0.3) is 0 Å². The molecule has 1 N–H and O–H groups in total. The van der Waals surface area contributed by atoms with Gasteiger partial charge in [-0.05, 0) is 36.1 Å². The van der Waals surface area contributed by atoms with Crippen molar-refractivity contribution in [2.24, 2.45) is 5.92 Å². The van der Waals surface area contributed by atoms with Gasteiger partial charge in [0.25, 0.3) is 5.91 Å². The van der Waals surface area contributed by atoms with E-state index in [2.05, 4.69) is 5.32 Å². The highest BCUT2D eigenvalue weighted by Crippen LogP contribution is 2.28. The fraction of sp³-hybridized carbons (Fsp3) is 0.300. The molecule has 0 fully saturated rings. The first kappa shape index (κ1) is 18.9. The molecule has 2 aromatic carbocycles. The van der Waals surface area contributed by atoms with Gasteiger partial charge in [-0.3, -0.25) is 9.59 Å². The predicted molar refractivity (Wildman–Crippen MR) is 94.9 cm³/mol. The third-order valence-corrected chi connectivity index (χ3v) is 4.65. The molecule has 7 heteroatoms. The highest BCUT2D eigenvalue weighted by atomic mass is 19.2. The van der Waals surface area contributed by atoms with Crippen LogP contribution in [0, 0.1) is 23.4 Å². The molecule has 1 aliphatic rings. The number of hydrogen-bond donors (Lipinski definition) is 1. The van der Waals surface area contributed by atoms with Crippen LogP contribution in [0.15, 0.2) is 36.4 Å². The van der Waals surface area contributed by atoms with Crippen molar-refractivity contribution in [2.45, 2.75) is 26.3 Å². The van der Waals surface area contributed by atoms with Crippen LogP contribution in [0.1, 0.15) is 29.8 Å². The number of halogens is 3. The van der Waals surface area contributed by atoms with Crippen molar-refractivity contribution in [3.63, 3.8) is 0 Å². The molecule has 0 aromatic heterocycles. The number of benzene rings is 2. The van der Waals surface area contributed by atoms with Crippen LogP contribution >= 0.6 is 0 Å². The minimum atomic E-state index is -1.72. The second kappa shape index (κ2) is 7.42. The molecule has 2 aromatic rings. The van der Waals surface area contributed by atoms with Gasteiger partial charge in [-0.1, -0.05) is 32.0 Å². The zero-order chi connectivity index (χ0) is 19.7. The maximum absolute atomic E-state index is 13.9. The minimum Gasteiger partial charge on any atom is -0.340 e. The lowest BCUT2D eigenvalue weighted by molar-refractivity contribution is -0.121. The SMILES string of the molecule is CC(C)[C@@H](NC(=O)c1ccc(F)c(F)c1F)C(=O)N1CCc2ccccc21. The van der Waals surface area contributed by atoms with Crippen LogP contribution in [0.2, 0.25) is 0 Å². The van der Waals surface area contributed by atoms with Crippen molar-refractivity contribution < 1.29 is 22.8 Å². The molecule has 0 aliphatic carbocycles. The number of rotatable bonds is 4. The first-order chi connectivity index (χ1) is 12.8. The summed E-state index contributed by atoms with van der Waals surface area (Å²) >= 11 is 0. The van der Waals surface area contributed by atoms with Crippen LogP contribution < -0.4 is 10.2 Å². The lowest BCUT2D eigenvalue weighted by atomic mass is 10.0. The summed E-state index contributed by atoms with van der Waals surface area (Å²) in [6.45, 7) is 3.97. The topological polar surface area (TPSA) is 49.4 Å².